The summed E-state index contributed by atoms with van der Waals surface area (Å²) in [4.78, 5) is 4.80. The van der Waals surface area contributed by atoms with Gasteiger partial charge in [0.05, 0.1) is 0 Å². The summed E-state index contributed by atoms with van der Waals surface area (Å²) in [5.41, 5.74) is 1.48. The Bertz CT molecular complexity index is 291. The molecule has 2 heteroatoms. The zero-order valence-corrected chi connectivity index (χ0v) is 13.3. The minimum atomic E-state index is 0.135. The van der Waals surface area contributed by atoms with E-state index >= 15 is 0 Å². The Labute approximate surface area is 119 Å². The SMILES string of the molecule is CCCC/C(C=NC1CCCCC1)=C/NC(C)(C)C. The summed E-state index contributed by atoms with van der Waals surface area (Å²) in [6.45, 7) is 8.82. The Morgan fingerprint density at radius 2 is 1.89 bits per heavy atom. The summed E-state index contributed by atoms with van der Waals surface area (Å²) < 4.78 is 0. The smallest absolute Gasteiger partial charge is 0.0499 e. The van der Waals surface area contributed by atoms with Crippen LogP contribution >= 0.6 is 0 Å². The Kier molecular flexibility index (Phi) is 7.19. The molecule has 110 valence electrons. The summed E-state index contributed by atoms with van der Waals surface area (Å²) in [6, 6.07) is 0.577. The minimum Gasteiger partial charge on any atom is -0.386 e. The van der Waals surface area contributed by atoms with Crippen LogP contribution in [-0.2, 0) is 0 Å². The number of hydrogen-bond acceptors (Lipinski definition) is 2. The van der Waals surface area contributed by atoms with Gasteiger partial charge in [0.1, 0.15) is 0 Å². The third-order valence-corrected chi connectivity index (χ3v) is 3.54. The van der Waals surface area contributed by atoms with Gasteiger partial charge in [-0.15, -0.1) is 0 Å². The van der Waals surface area contributed by atoms with Gasteiger partial charge in [-0.05, 0) is 52.0 Å². The molecule has 0 spiro atoms. The molecule has 0 aromatic rings. The van der Waals surface area contributed by atoms with E-state index in [4.69, 9.17) is 4.99 Å². The molecule has 0 aromatic carbocycles. The lowest BCUT2D eigenvalue weighted by molar-refractivity contribution is 0.444. The minimum absolute atomic E-state index is 0.135. The Hall–Kier alpha value is -0.790. The fourth-order valence-corrected chi connectivity index (χ4v) is 2.30. The average Bonchev–Trinajstić information content (AvgIpc) is 2.38. The van der Waals surface area contributed by atoms with Gasteiger partial charge < -0.3 is 5.32 Å². The molecule has 0 unspecified atom stereocenters. The summed E-state index contributed by atoms with van der Waals surface area (Å²) >= 11 is 0. The van der Waals surface area contributed by atoms with Gasteiger partial charge in [0, 0.05) is 24.0 Å². The highest BCUT2D eigenvalue weighted by Gasteiger charge is 2.11. The number of nitrogens with zero attached hydrogens (tertiary/aromatic N) is 1. The van der Waals surface area contributed by atoms with Crippen LogP contribution in [0.4, 0.5) is 0 Å². The predicted octanol–water partition coefficient (Wildman–Crippen LogP) is 4.85. The fourth-order valence-electron chi connectivity index (χ4n) is 2.30. The fraction of sp³-hybridized carbons (Fsp3) is 0.824. The standard InChI is InChI=1S/C17H32N2/c1-5-6-10-15(14-19-17(2,3)4)13-18-16-11-8-7-9-12-16/h13-14,16,19H,5-12H2,1-4H3/b15-14-,18-13?. The van der Waals surface area contributed by atoms with E-state index in [-0.39, 0.29) is 5.54 Å². The third kappa shape index (κ3) is 8.07. The van der Waals surface area contributed by atoms with Crippen molar-refractivity contribution < 1.29 is 0 Å². The van der Waals surface area contributed by atoms with Gasteiger partial charge in [0.2, 0.25) is 0 Å². The van der Waals surface area contributed by atoms with Crippen LogP contribution in [0.15, 0.2) is 16.8 Å². The highest BCUT2D eigenvalue weighted by Crippen LogP contribution is 2.20. The second-order valence-corrected chi connectivity index (χ2v) is 6.79. The first-order valence-electron chi connectivity index (χ1n) is 8.01. The van der Waals surface area contributed by atoms with Crippen molar-refractivity contribution in [2.75, 3.05) is 0 Å². The normalized spacial score (nSPS) is 19.1. The second-order valence-electron chi connectivity index (χ2n) is 6.79. The Balaban J connectivity index is 2.54. The molecule has 2 nitrogen and oxygen atoms in total. The quantitative estimate of drug-likeness (QED) is 0.681. The van der Waals surface area contributed by atoms with Gasteiger partial charge >= 0.3 is 0 Å². The van der Waals surface area contributed by atoms with E-state index < -0.39 is 0 Å². The first-order valence-corrected chi connectivity index (χ1v) is 8.01. The molecule has 0 aromatic heterocycles. The second kappa shape index (κ2) is 8.39. The van der Waals surface area contributed by atoms with E-state index in [1.165, 1.54) is 50.5 Å². The summed E-state index contributed by atoms with van der Waals surface area (Å²) in [7, 11) is 0. The molecule has 1 rings (SSSR count). The zero-order valence-electron chi connectivity index (χ0n) is 13.3. The number of unbranched alkanes of at least 4 members (excludes halogenated alkanes) is 1. The number of rotatable bonds is 6. The van der Waals surface area contributed by atoms with Gasteiger partial charge in [-0.2, -0.15) is 0 Å². The molecule has 1 fully saturated rings. The Morgan fingerprint density at radius 3 is 2.47 bits per heavy atom. The molecular weight excluding hydrogens is 232 g/mol. The van der Waals surface area contributed by atoms with E-state index in [1.54, 1.807) is 0 Å². The van der Waals surface area contributed by atoms with Crippen LogP contribution in [0.25, 0.3) is 0 Å². The van der Waals surface area contributed by atoms with Crippen LogP contribution in [-0.4, -0.2) is 17.8 Å². The van der Waals surface area contributed by atoms with Gasteiger partial charge in [0.15, 0.2) is 0 Å². The first-order chi connectivity index (χ1) is 9.01. The van der Waals surface area contributed by atoms with Crippen molar-refractivity contribution >= 4 is 6.21 Å². The lowest BCUT2D eigenvalue weighted by atomic mass is 9.96. The number of nitrogens with one attached hydrogen (secondary N) is 1. The maximum absolute atomic E-state index is 4.80. The van der Waals surface area contributed by atoms with Gasteiger partial charge in [-0.3, -0.25) is 4.99 Å². The van der Waals surface area contributed by atoms with Crippen molar-refractivity contribution in [1.29, 1.82) is 0 Å². The number of allylic oxidation sites excluding steroid dienone is 1. The van der Waals surface area contributed by atoms with Crippen LogP contribution in [0.3, 0.4) is 0 Å². The summed E-state index contributed by atoms with van der Waals surface area (Å²) in [5, 5.41) is 3.47. The lowest BCUT2D eigenvalue weighted by Gasteiger charge is -2.20. The average molecular weight is 264 g/mol. The van der Waals surface area contributed by atoms with Crippen LogP contribution in [0.1, 0.15) is 79.1 Å². The van der Waals surface area contributed by atoms with Crippen LogP contribution in [0.5, 0.6) is 0 Å². The maximum atomic E-state index is 4.80. The molecule has 0 saturated heterocycles. The molecule has 1 aliphatic carbocycles. The molecule has 1 saturated carbocycles. The van der Waals surface area contributed by atoms with Gasteiger partial charge in [-0.25, -0.2) is 0 Å². The van der Waals surface area contributed by atoms with Crippen molar-refractivity contribution in [3.8, 4) is 0 Å². The van der Waals surface area contributed by atoms with Gasteiger partial charge in [0.25, 0.3) is 0 Å². The molecule has 1 N–H and O–H groups in total. The molecule has 0 heterocycles. The van der Waals surface area contributed by atoms with E-state index in [0.29, 0.717) is 6.04 Å². The Morgan fingerprint density at radius 1 is 1.21 bits per heavy atom. The highest BCUT2D eigenvalue weighted by molar-refractivity contribution is 5.78. The molecule has 0 aliphatic heterocycles. The monoisotopic (exact) mass is 264 g/mol. The number of aliphatic imine (C=N–C) groups is 1. The summed E-state index contributed by atoms with van der Waals surface area (Å²) in [6.07, 6.45) is 14.6. The van der Waals surface area contributed by atoms with Crippen molar-refractivity contribution in [2.45, 2.75) is 90.6 Å². The van der Waals surface area contributed by atoms with E-state index in [2.05, 4.69) is 45.4 Å². The van der Waals surface area contributed by atoms with Crippen LogP contribution in [0, 0.1) is 0 Å². The van der Waals surface area contributed by atoms with E-state index in [1.807, 2.05) is 0 Å². The largest absolute Gasteiger partial charge is 0.386 e. The maximum Gasteiger partial charge on any atom is 0.0499 e. The molecule has 0 bridgehead atoms. The molecule has 0 atom stereocenters. The third-order valence-electron chi connectivity index (χ3n) is 3.54. The van der Waals surface area contributed by atoms with Gasteiger partial charge in [-0.1, -0.05) is 32.6 Å². The first kappa shape index (κ1) is 16.3. The topological polar surface area (TPSA) is 24.4 Å². The lowest BCUT2D eigenvalue weighted by Crippen LogP contribution is -2.31. The van der Waals surface area contributed by atoms with Crippen molar-refractivity contribution in [2.24, 2.45) is 4.99 Å². The molecule has 1 aliphatic rings. The highest BCUT2D eigenvalue weighted by atomic mass is 14.9. The van der Waals surface area contributed by atoms with Crippen LogP contribution < -0.4 is 5.32 Å². The summed E-state index contributed by atoms with van der Waals surface area (Å²) in [5.74, 6) is 0. The van der Waals surface area contributed by atoms with E-state index in [0.717, 1.165) is 6.42 Å². The van der Waals surface area contributed by atoms with Crippen LogP contribution in [0.2, 0.25) is 0 Å². The molecule has 0 amide bonds. The van der Waals surface area contributed by atoms with Crippen molar-refractivity contribution in [3.63, 3.8) is 0 Å². The predicted molar refractivity (Wildman–Crippen MR) is 85.9 cm³/mol. The number of hydrogen-bond donors (Lipinski definition) is 1. The van der Waals surface area contributed by atoms with E-state index in [9.17, 15) is 0 Å². The molecule has 0 radical (unpaired) electrons. The van der Waals surface area contributed by atoms with Crippen molar-refractivity contribution in [3.05, 3.63) is 11.8 Å². The van der Waals surface area contributed by atoms with Crippen molar-refractivity contribution in [1.82, 2.24) is 5.32 Å². The zero-order chi connectivity index (χ0) is 14.1. The molecular formula is C17H32N2. The molecule has 19 heavy (non-hydrogen) atoms.